The van der Waals surface area contributed by atoms with Gasteiger partial charge in [-0.1, -0.05) is 17.7 Å². The average Bonchev–Trinajstić information content (AvgIpc) is 2.61. The van der Waals surface area contributed by atoms with E-state index < -0.39 is 21.8 Å². The standard InChI is InChI=1S/C16H15ClF3N3O2S/c17-12-3-1-4-13(11-12)26(24,25)23-9-7-22(8-10-23)15-14(16(18,19)20)5-2-6-21-15/h1-6,11H,7-10H2. The van der Waals surface area contributed by atoms with E-state index in [2.05, 4.69) is 4.98 Å². The summed E-state index contributed by atoms with van der Waals surface area (Å²) in [7, 11) is -3.75. The lowest BCUT2D eigenvalue weighted by atomic mass is 10.2. The summed E-state index contributed by atoms with van der Waals surface area (Å²) >= 11 is 5.85. The molecule has 1 fully saturated rings. The van der Waals surface area contributed by atoms with Gasteiger partial charge in [0, 0.05) is 37.4 Å². The summed E-state index contributed by atoms with van der Waals surface area (Å²) in [5.74, 6) is -0.181. The first-order chi connectivity index (χ1) is 12.2. The van der Waals surface area contributed by atoms with Crippen LogP contribution in [0.25, 0.3) is 0 Å². The van der Waals surface area contributed by atoms with Crippen molar-refractivity contribution < 1.29 is 21.6 Å². The molecule has 0 spiro atoms. The highest BCUT2D eigenvalue weighted by molar-refractivity contribution is 7.89. The van der Waals surface area contributed by atoms with Crippen LogP contribution in [0.15, 0.2) is 47.5 Å². The molecule has 140 valence electrons. The minimum atomic E-state index is -4.52. The second kappa shape index (κ2) is 7.05. The molecule has 1 aromatic heterocycles. The van der Waals surface area contributed by atoms with E-state index in [0.717, 1.165) is 6.07 Å². The third-order valence-electron chi connectivity index (χ3n) is 4.06. The lowest BCUT2D eigenvalue weighted by Gasteiger charge is -2.35. The number of anilines is 1. The molecule has 10 heteroatoms. The minimum absolute atomic E-state index is 0.0583. The SMILES string of the molecule is O=S(=O)(c1cccc(Cl)c1)N1CCN(c2ncccc2C(F)(F)F)CC1. The largest absolute Gasteiger partial charge is 0.419 e. The molecule has 1 aliphatic heterocycles. The van der Waals surface area contributed by atoms with Crippen molar-refractivity contribution in [3.8, 4) is 0 Å². The van der Waals surface area contributed by atoms with Gasteiger partial charge in [0.1, 0.15) is 5.82 Å². The van der Waals surface area contributed by atoms with Crippen LogP contribution in [0.1, 0.15) is 5.56 Å². The highest BCUT2D eigenvalue weighted by Gasteiger charge is 2.37. The Morgan fingerprint density at radius 1 is 1.04 bits per heavy atom. The van der Waals surface area contributed by atoms with Crippen LogP contribution in [0.4, 0.5) is 19.0 Å². The minimum Gasteiger partial charge on any atom is -0.353 e. The molecular formula is C16H15ClF3N3O2S. The topological polar surface area (TPSA) is 53.5 Å². The average molecular weight is 406 g/mol. The number of aromatic nitrogens is 1. The van der Waals surface area contributed by atoms with Crippen LogP contribution in [0.2, 0.25) is 5.02 Å². The zero-order valence-corrected chi connectivity index (χ0v) is 15.0. The first kappa shape index (κ1) is 18.9. The lowest BCUT2D eigenvalue weighted by Crippen LogP contribution is -2.49. The van der Waals surface area contributed by atoms with Crippen molar-refractivity contribution >= 4 is 27.4 Å². The third kappa shape index (κ3) is 3.79. The number of hydrogen-bond donors (Lipinski definition) is 0. The van der Waals surface area contributed by atoms with Crippen molar-refractivity contribution in [1.29, 1.82) is 0 Å². The molecule has 3 rings (SSSR count). The van der Waals surface area contributed by atoms with Crippen molar-refractivity contribution in [1.82, 2.24) is 9.29 Å². The maximum atomic E-state index is 13.1. The van der Waals surface area contributed by atoms with Crippen LogP contribution < -0.4 is 4.90 Å². The van der Waals surface area contributed by atoms with Crippen molar-refractivity contribution in [3.05, 3.63) is 53.2 Å². The summed E-state index contributed by atoms with van der Waals surface area (Å²) in [5.41, 5.74) is -0.828. The second-order valence-corrected chi connectivity index (χ2v) is 8.10. The molecular weight excluding hydrogens is 391 g/mol. The number of nitrogens with zero attached hydrogens (tertiary/aromatic N) is 3. The number of sulfonamides is 1. The van der Waals surface area contributed by atoms with E-state index in [1.807, 2.05) is 0 Å². The molecule has 0 N–H and O–H groups in total. The molecule has 1 saturated heterocycles. The smallest absolute Gasteiger partial charge is 0.353 e. The summed E-state index contributed by atoms with van der Waals surface area (Å²) in [6, 6.07) is 8.09. The van der Waals surface area contributed by atoms with Crippen LogP contribution in [0.5, 0.6) is 0 Å². The first-order valence-corrected chi connectivity index (χ1v) is 9.54. The lowest BCUT2D eigenvalue weighted by molar-refractivity contribution is -0.137. The molecule has 2 aromatic rings. The normalized spacial score (nSPS) is 16.7. The molecule has 1 aliphatic rings. The monoisotopic (exact) mass is 405 g/mol. The Balaban J connectivity index is 1.78. The number of alkyl halides is 3. The van der Waals surface area contributed by atoms with Crippen LogP contribution in [0.3, 0.4) is 0 Å². The highest BCUT2D eigenvalue weighted by atomic mass is 35.5. The Morgan fingerprint density at radius 3 is 2.35 bits per heavy atom. The number of piperazine rings is 1. The molecule has 0 amide bonds. The summed E-state index contributed by atoms with van der Waals surface area (Å²) in [6.45, 7) is 0.339. The van der Waals surface area contributed by atoms with E-state index in [0.29, 0.717) is 5.02 Å². The molecule has 0 saturated carbocycles. The van der Waals surface area contributed by atoms with Crippen LogP contribution in [0, 0.1) is 0 Å². The summed E-state index contributed by atoms with van der Waals surface area (Å²) in [5, 5.41) is 0.299. The van der Waals surface area contributed by atoms with Crippen molar-refractivity contribution in [2.24, 2.45) is 0 Å². The Morgan fingerprint density at radius 2 is 1.73 bits per heavy atom. The number of hydrogen-bond acceptors (Lipinski definition) is 4. The fourth-order valence-electron chi connectivity index (χ4n) is 2.79. The van der Waals surface area contributed by atoms with Crippen molar-refractivity contribution in [3.63, 3.8) is 0 Å². The molecule has 0 unspecified atom stereocenters. The van der Waals surface area contributed by atoms with Gasteiger partial charge < -0.3 is 4.90 Å². The van der Waals surface area contributed by atoms with Gasteiger partial charge in [-0.25, -0.2) is 13.4 Å². The van der Waals surface area contributed by atoms with Gasteiger partial charge in [0.2, 0.25) is 10.0 Å². The Labute approximate surface area is 154 Å². The third-order valence-corrected chi connectivity index (χ3v) is 6.19. The summed E-state index contributed by atoms with van der Waals surface area (Å²) in [6.07, 6.45) is -3.23. The maximum Gasteiger partial charge on any atom is 0.419 e. The van der Waals surface area contributed by atoms with E-state index in [1.165, 1.54) is 39.7 Å². The van der Waals surface area contributed by atoms with E-state index in [4.69, 9.17) is 11.6 Å². The Hall–Kier alpha value is -1.84. The van der Waals surface area contributed by atoms with Gasteiger partial charge in [0.25, 0.3) is 0 Å². The van der Waals surface area contributed by atoms with Gasteiger partial charge in [0.15, 0.2) is 0 Å². The predicted molar refractivity (Wildman–Crippen MR) is 91.7 cm³/mol. The van der Waals surface area contributed by atoms with Gasteiger partial charge in [-0.3, -0.25) is 0 Å². The van der Waals surface area contributed by atoms with Gasteiger partial charge in [-0.2, -0.15) is 17.5 Å². The Bertz CT molecular complexity index is 898. The molecule has 0 bridgehead atoms. The number of pyridine rings is 1. The second-order valence-electron chi connectivity index (χ2n) is 5.72. The van der Waals surface area contributed by atoms with Crippen LogP contribution in [-0.4, -0.2) is 43.9 Å². The number of halogens is 4. The molecule has 5 nitrogen and oxygen atoms in total. The highest BCUT2D eigenvalue weighted by Crippen LogP contribution is 2.35. The van der Waals surface area contributed by atoms with Gasteiger partial charge in [-0.05, 0) is 30.3 Å². The van der Waals surface area contributed by atoms with E-state index in [-0.39, 0.29) is 36.9 Å². The molecule has 0 atom stereocenters. The van der Waals surface area contributed by atoms with E-state index >= 15 is 0 Å². The maximum absolute atomic E-state index is 13.1. The predicted octanol–water partition coefficient (Wildman–Crippen LogP) is 3.26. The van der Waals surface area contributed by atoms with Gasteiger partial charge >= 0.3 is 6.18 Å². The fourth-order valence-corrected chi connectivity index (χ4v) is 4.51. The summed E-state index contributed by atoms with van der Waals surface area (Å²) in [4.78, 5) is 5.36. The van der Waals surface area contributed by atoms with Gasteiger partial charge in [0.05, 0.1) is 10.5 Å². The first-order valence-electron chi connectivity index (χ1n) is 7.72. The van der Waals surface area contributed by atoms with E-state index in [1.54, 1.807) is 6.07 Å². The van der Waals surface area contributed by atoms with E-state index in [9.17, 15) is 21.6 Å². The Kier molecular flexibility index (Phi) is 5.14. The molecule has 0 aliphatic carbocycles. The molecule has 1 aromatic carbocycles. The number of rotatable bonds is 3. The zero-order chi connectivity index (χ0) is 18.9. The van der Waals surface area contributed by atoms with Crippen molar-refractivity contribution in [2.45, 2.75) is 11.1 Å². The van der Waals surface area contributed by atoms with Crippen molar-refractivity contribution in [2.75, 3.05) is 31.1 Å². The zero-order valence-electron chi connectivity index (χ0n) is 13.4. The van der Waals surface area contributed by atoms with Gasteiger partial charge in [-0.15, -0.1) is 0 Å². The molecule has 0 radical (unpaired) electrons. The fraction of sp³-hybridized carbons (Fsp3) is 0.312. The quantitative estimate of drug-likeness (QED) is 0.786. The number of benzene rings is 1. The van der Waals surface area contributed by atoms with Crippen LogP contribution in [-0.2, 0) is 16.2 Å². The molecule has 2 heterocycles. The molecule has 26 heavy (non-hydrogen) atoms. The summed E-state index contributed by atoms with van der Waals surface area (Å²) < 4.78 is 66.0. The van der Waals surface area contributed by atoms with Crippen LogP contribution >= 0.6 is 11.6 Å².